The highest BCUT2D eigenvalue weighted by atomic mass is 16.7. The molecule has 3 aliphatic heterocycles. The van der Waals surface area contributed by atoms with Gasteiger partial charge in [0.05, 0.1) is 32.1 Å². The van der Waals surface area contributed by atoms with Crippen molar-refractivity contribution in [2.75, 3.05) is 66.4 Å². The van der Waals surface area contributed by atoms with E-state index in [9.17, 15) is 9.59 Å². The fraction of sp³-hybridized carbons (Fsp3) is 0.483. The summed E-state index contributed by atoms with van der Waals surface area (Å²) in [6.45, 7) is 6.69. The van der Waals surface area contributed by atoms with E-state index in [1.54, 1.807) is 12.0 Å². The molecule has 11 nitrogen and oxygen atoms in total. The minimum absolute atomic E-state index is 0.0875. The maximum absolute atomic E-state index is 13.9. The first-order valence-electron chi connectivity index (χ1n) is 13.8. The molecule has 0 aliphatic carbocycles. The van der Waals surface area contributed by atoms with Gasteiger partial charge in [0.1, 0.15) is 12.3 Å². The van der Waals surface area contributed by atoms with Crippen LogP contribution in [0.4, 0.5) is 4.79 Å². The average molecular weight is 552 g/mol. The molecular weight excluding hydrogens is 514 g/mol. The molecule has 1 atom stereocenters. The zero-order valence-electron chi connectivity index (χ0n) is 23.1. The van der Waals surface area contributed by atoms with Crippen LogP contribution in [0.25, 0.3) is 0 Å². The number of ether oxygens (including phenoxy) is 4. The summed E-state index contributed by atoms with van der Waals surface area (Å²) < 4.78 is 21.9. The van der Waals surface area contributed by atoms with Gasteiger partial charge in [-0.3, -0.25) is 9.69 Å². The van der Waals surface area contributed by atoms with Crippen LogP contribution in [-0.2, 0) is 9.53 Å². The Labute approximate surface area is 234 Å². The number of nitrogens with one attached hydrogen (secondary N) is 1. The van der Waals surface area contributed by atoms with E-state index in [2.05, 4.69) is 10.2 Å². The van der Waals surface area contributed by atoms with E-state index < -0.39 is 0 Å². The van der Waals surface area contributed by atoms with Crippen molar-refractivity contribution in [1.82, 2.24) is 20.1 Å². The van der Waals surface area contributed by atoms with Crippen molar-refractivity contribution in [3.05, 3.63) is 53.6 Å². The van der Waals surface area contributed by atoms with Gasteiger partial charge in [-0.25, -0.2) is 9.80 Å². The average Bonchev–Trinajstić information content (AvgIpc) is 3.66. The third kappa shape index (κ3) is 6.48. The number of hydrogen-bond acceptors (Lipinski definition) is 8. The van der Waals surface area contributed by atoms with Crippen LogP contribution in [0.15, 0.2) is 47.6 Å². The fourth-order valence-electron chi connectivity index (χ4n) is 5.02. The predicted molar refractivity (Wildman–Crippen MR) is 149 cm³/mol. The summed E-state index contributed by atoms with van der Waals surface area (Å²) in [6, 6.07) is 12.7. The molecule has 3 heterocycles. The van der Waals surface area contributed by atoms with Crippen LogP contribution in [-0.4, -0.2) is 98.8 Å². The van der Waals surface area contributed by atoms with Crippen molar-refractivity contribution in [2.24, 2.45) is 5.10 Å². The summed E-state index contributed by atoms with van der Waals surface area (Å²) in [5.41, 5.74) is 2.53. The van der Waals surface area contributed by atoms with Gasteiger partial charge in [0.25, 0.3) is 5.91 Å². The number of hydrazone groups is 1. The zero-order chi connectivity index (χ0) is 27.9. The molecule has 0 saturated carbocycles. The van der Waals surface area contributed by atoms with Crippen molar-refractivity contribution in [3.63, 3.8) is 0 Å². The van der Waals surface area contributed by atoms with Gasteiger partial charge in [-0.05, 0) is 36.2 Å². The highest BCUT2D eigenvalue weighted by Crippen LogP contribution is 2.39. The van der Waals surface area contributed by atoms with Crippen LogP contribution in [0, 0.1) is 0 Å². The lowest BCUT2D eigenvalue weighted by Gasteiger charge is -2.31. The number of nitrogens with zero attached hydrogens (tertiary/aromatic N) is 4. The summed E-state index contributed by atoms with van der Waals surface area (Å²) in [7, 11) is 1.62. The second-order valence-electron chi connectivity index (χ2n) is 9.96. The fourth-order valence-corrected chi connectivity index (χ4v) is 5.02. The molecule has 0 radical (unpaired) electrons. The highest BCUT2D eigenvalue weighted by Gasteiger charge is 2.35. The number of methoxy groups -OCH3 is 1. The normalized spacial score (nSPS) is 18.4. The van der Waals surface area contributed by atoms with Crippen molar-refractivity contribution in [2.45, 2.75) is 25.8 Å². The van der Waals surface area contributed by atoms with Gasteiger partial charge in [0.15, 0.2) is 11.5 Å². The van der Waals surface area contributed by atoms with Gasteiger partial charge in [0.2, 0.25) is 6.79 Å². The van der Waals surface area contributed by atoms with E-state index in [1.165, 1.54) is 5.01 Å². The van der Waals surface area contributed by atoms with Crippen LogP contribution in [0.1, 0.15) is 36.9 Å². The number of rotatable bonds is 10. The van der Waals surface area contributed by atoms with E-state index in [-0.39, 0.29) is 31.3 Å². The number of fused-ring (bicyclic) bond motifs is 1. The van der Waals surface area contributed by atoms with Gasteiger partial charge in [-0.2, -0.15) is 5.10 Å². The van der Waals surface area contributed by atoms with E-state index >= 15 is 0 Å². The zero-order valence-corrected chi connectivity index (χ0v) is 23.1. The predicted octanol–water partition coefficient (Wildman–Crippen LogP) is 2.86. The van der Waals surface area contributed by atoms with Crippen LogP contribution in [0.3, 0.4) is 0 Å². The molecule has 3 amide bonds. The first-order valence-corrected chi connectivity index (χ1v) is 13.8. The highest BCUT2D eigenvalue weighted by molar-refractivity contribution is 6.03. The van der Waals surface area contributed by atoms with Crippen LogP contribution in [0.2, 0.25) is 0 Å². The molecule has 1 saturated heterocycles. The topological polar surface area (TPSA) is 105 Å². The Morgan fingerprint density at radius 2 is 1.95 bits per heavy atom. The quantitative estimate of drug-likeness (QED) is 0.484. The largest absolute Gasteiger partial charge is 0.497 e. The number of carbonyl (C=O) groups excluding carboxylic acids is 2. The van der Waals surface area contributed by atoms with Gasteiger partial charge < -0.3 is 29.2 Å². The van der Waals surface area contributed by atoms with E-state index in [1.807, 2.05) is 49.4 Å². The first kappa shape index (κ1) is 27.7. The lowest BCUT2D eigenvalue weighted by atomic mass is 9.98. The third-order valence-electron chi connectivity index (χ3n) is 7.28. The molecule has 40 heavy (non-hydrogen) atoms. The molecular formula is C29H37N5O6. The summed E-state index contributed by atoms with van der Waals surface area (Å²) in [5.74, 6) is 1.78. The van der Waals surface area contributed by atoms with Gasteiger partial charge in [0, 0.05) is 44.7 Å². The molecule has 0 aromatic heterocycles. The number of benzene rings is 2. The number of hydrogen-bond donors (Lipinski definition) is 1. The number of morpholine rings is 1. The standard InChI is InChI=1S/C29H37N5O6/c1-3-9-30-29(36)33(11-10-32-12-14-38-15-13-32)19-28(35)34-25(22-7-8-26-27(17-22)40-20-39-26)18-24(31-34)21-5-4-6-23(16-21)37-2/h4-8,16-17,25H,3,9-15,18-20H2,1-2H3,(H,30,36)/t25-/m1/s1. The molecule has 214 valence electrons. The maximum Gasteiger partial charge on any atom is 0.317 e. The minimum Gasteiger partial charge on any atom is -0.497 e. The van der Waals surface area contributed by atoms with Crippen molar-refractivity contribution in [3.8, 4) is 17.2 Å². The monoisotopic (exact) mass is 551 g/mol. The number of carbonyl (C=O) groups is 2. The summed E-state index contributed by atoms with van der Waals surface area (Å²) in [4.78, 5) is 30.8. The molecule has 1 N–H and O–H groups in total. The third-order valence-corrected chi connectivity index (χ3v) is 7.28. The Morgan fingerprint density at radius 3 is 2.75 bits per heavy atom. The lowest BCUT2D eigenvalue weighted by Crippen LogP contribution is -2.49. The lowest BCUT2D eigenvalue weighted by molar-refractivity contribution is -0.133. The summed E-state index contributed by atoms with van der Waals surface area (Å²) in [5, 5.41) is 9.24. The van der Waals surface area contributed by atoms with E-state index in [0.717, 1.165) is 36.3 Å². The Hall–Kier alpha value is -3.83. The molecule has 0 unspecified atom stereocenters. The Bertz CT molecular complexity index is 1230. The van der Waals surface area contributed by atoms with Crippen molar-refractivity contribution < 1.29 is 28.5 Å². The van der Waals surface area contributed by atoms with Gasteiger partial charge in [-0.1, -0.05) is 25.1 Å². The first-order chi connectivity index (χ1) is 19.6. The second kappa shape index (κ2) is 13.0. The molecule has 2 aromatic carbocycles. The van der Waals surface area contributed by atoms with Crippen LogP contribution in [0.5, 0.6) is 17.2 Å². The Balaban J connectivity index is 1.38. The number of amides is 3. The molecule has 0 spiro atoms. The van der Waals surface area contributed by atoms with E-state index in [0.29, 0.717) is 56.5 Å². The SMILES string of the molecule is CCCNC(=O)N(CCN1CCOCC1)CC(=O)N1N=C(c2cccc(OC)c2)C[C@@H]1c1ccc2c(c1)OCO2. The summed E-state index contributed by atoms with van der Waals surface area (Å²) >= 11 is 0. The molecule has 11 heteroatoms. The van der Waals surface area contributed by atoms with Gasteiger partial charge in [-0.15, -0.1) is 0 Å². The van der Waals surface area contributed by atoms with E-state index in [4.69, 9.17) is 24.0 Å². The van der Waals surface area contributed by atoms with Gasteiger partial charge >= 0.3 is 6.03 Å². The van der Waals surface area contributed by atoms with Crippen molar-refractivity contribution >= 4 is 17.6 Å². The van der Waals surface area contributed by atoms with Crippen molar-refractivity contribution in [1.29, 1.82) is 0 Å². The maximum atomic E-state index is 13.9. The molecule has 3 aliphatic rings. The minimum atomic E-state index is -0.358. The smallest absolute Gasteiger partial charge is 0.317 e. The molecule has 1 fully saturated rings. The molecule has 0 bridgehead atoms. The Morgan fingerprint density at radius 1 is 1.12 bits per heavy atom. The van der Waals surface area contributed by atoms with Crippen LogP contribution >= 0.6 is 0 Å². The summed E-state index contributed by atoms with van der Waals surface area (Å²) in [6.07, 6.45) is 1.32. The molecule has 2 aromatic rings. The number of urea groups is 1. The Kier molecular flexibility index (Phi) is 9.02. The molecule has 5 rings (SSSR count). The second-order valence-corrected chi connectivity index (χ2v) is 9.96. The van der Waals surface area contributed by atoms with Crippen LogP contribution < -0.4 is 19.5 Å².